The van der Waals surface area contributed by atoms with Gasteiger partial charge in [0, 0.05) is 24.0 Å². The van der Waals surface area contributed by atoms with E-state index in [-0.39, 0.29) is 17.7 Å². The van der Waals surface area contributed by atoms with Crippen molar-refractivity contribution in [3.63, 3.8) is 0 Å². The molecule has 0 bridgehead atoms. The molecule has 0 radical (unpaired) electrons. The molecule has 4 nitrogen and oxygen atoms in total. The van der Waals surface area contributed by atoms with E-state index in [9.17, 15) is 4.79 Å². The minimum atomic E-state index is 0.0422. The fraction of sp³-hybridized carbons (Fsp3) is 0.300. The van der Waals surface area contributed by atoms with Crippen molar-refractivity contribution in [3.05, 3.63) is 64.9 Å². The fourth-order valence-electron chi connectivity index (χ4n) is 3.50. The number of benzene rings is 2. The SMILES string of the molecule is Cc1nc2ccccc2n1CCNC(=O)[C@H]1C[C@@H]1c1ccccc1Cl. The van der Waals surface area contributed by atoms with Crippen LogP contribution in [0.4, 0.5) is 0 Å². The van der Waals surface area contributed by atoms with Crippen molar-refractivity contribution in [3.8, 4) is 0 Å². The molecular formula is C20H20ClN3O. The smallest absolute Gasteiger partial charge is 0.223 e. The fourth-order valence-corrected chi connectivity index (χ4v) is 3.78. The number of nitrogens with zero attached hydrogens (tertiary/aromatic N) is 2. The number of para-hydroxylation sites is 2. The summed E-state index contributed by atoms with van der Waals surface area (Å²) >= 11 is 6.23. The number of hydrogen-bond acceptors (Lipinski definition) is 2. The molecule has 25 heavy (non-hydrogen) atoms. The number of halogens is 1. The zero-order chi connectivity index (χ0) is 17.4. The summed E-state index contributed by atoms with van der Waals surface area (Å²) in [6.07, 6.45) is 0.878. The van der Waals surface area contributed by atoms with Crippen LogP contribution in [0, 0.1) is 12.8 Å². The predicted molar refractivity (Wildman–Crippen MR) is 99.8 cm³/mol. The molecule has 0 saturated heterocycles. The van der Waals surface area contributed by atoms with Gasteiger partial charge in [0.25, 0.3) is 0 Å². The van der Waals surface area contributed by atoms with E-state index in [0.717, 1.165) is 40.4 Å². The van der Waals surface area contributed by atoms with Crippen LogP contribution in [0.25, 0.3) is 11.0 Å². The van der Waals surface area contributed by atoms with E-state index in [0.29, 0.717) is 6.54 Å². The minimum Gasteiger partial charge on any atom is -0.354 e. The van der Waals surface area contributed by atoms with Gasteiger partial charge < -0.3 is 9.88 Å². The van der Waals surface area contributed by atoms with Gasteiger partial charge in [-0.25, -0.2) is 4.98 Å². The highest BCUT2D eigenvalue weighted by Crippen LogP contribution is 2.49. The lowest BCUT2D eigenvalue weighted by atomic mass is 10.1. The maximum Gasteiger partial charge on any atom is 0.223 e. The molecule has 1 aliphatic carbocycles. The number of hydrogen-bond donors (Lipinski definition) is 1. The van der Waals surface area contributed by atoms with Crippen molar-refractivity contribution < 1.29 is 4.79 Å². The quantitative estimate of drug-likeness (QED) is 0.755. The average molecular weight is 354 g/mol. The molecule has 2 atom stereocenters. The van der Waals surface area contributed by atoms with Gasteiger partial charge in [0.1, 0.15) is 5.82 Å². The number of aromatic nitrogens is 2. The summed E-state index contributed by atoms with van der Waals surface area (Å²) < 4.78 is 2.15. The zero-order valence-corrected chi connectivity index (χ0v) is 14.8. The topological polar surface area (TPSA) is 46.9 Å². The molecule has 1 saturated carbocycles. The third-order valence-electron chi connectivity index (χ3n) is 4.91. The molecular weight excluding hydrogens is 334 g/mol. The summed E-state index contributed by atoms with van der Waals surface area (Å²) in [5.74, 6) is 1.38. The van der Waals surface area contributed by atoms with Crippen LogP contribution in [-0.2, 0) is 11.3 Å². The van der Waals surface area contributed by atoms with Gasteiger partial charge in [-0.1, -0.05) is 41.9 Å². The van der Waals surface area contributed by atoms with Crippen LogP contribution in [0.2, 0.25) is 5.02 Å². The Balaban J connectivity index is 1.36. The van der Waals surface area contributed by atoms with Crippen LogP contribution >= 0.6 is 11.6 Å². The summed E-state index contributed by atoms with van der Waals surface area (Å²) in [6, 6.07) is 15.9. The Morgan fingerprint density at radius 3 is 2.84 bits per heavy atom. The normalized spacial score (nSPS) is 19.1. The molecule has 1 aliphatic rings. The first kappa shape index (κ1) is 16.2. The molecule has 1 heterocycles. The Hall–Kier alpha value is -2.33. The summed E-state index contributed by atoms with van der Waals surface area (Å²) in [6.45, 7) is 3.32. The van der Waals surface area contributed by atoms with Crippen molar-refractivity contribution in [2.24, 2.45) is 5.92 Å². The highest BCUT2D eigenvalue weighted by Gasteiger charge is 2.44. The Kier molecular flexibility index (Phi) is 4.22. The van der Waals surface area contributed by atoms with E-state index in [1.165, 1.54) is 0 Å². The van der Waals surface area contributed by atoms with Crippen LogP contribution in [-0.4, -0.2) is 22.0 Å². The number of aryl methyl sites for hydroxylation is 1. The highest BCUT2D eigenvalue weighted by molar-refractivity contribution is 6.31. The third-order valence-corrected chi connectivity index (χ3v) is 5.26. The van der Waals surface area contributed by atoms with Gasteiger partial charge in [0.2, 0.25) is 5.91 Å². The second-order valence-electron chi connectivity index (χ2n) is 6.56. The van der Waals surface area contributed by atoms with E-state index in [1.807, 2.05) is 49.4 Å². The Bertz CT molecular complexity index is 934. The van der Waals surface area contributed by atoms with E-state index in [4.69, 9.17) is 11.6 Å². The second-order valence-corrected chi connectivity index (χ2v) is 6.97. The zero-order valence-electron chi connectivity index (χ0n) is 14.1. The summed E-state index contributed by atoms with van der Waals surface area (Å²) in [5.41, 5.74) is 3.18. The number of amides is 1. The largest absolute Gasteiger partial charge is 0.354 e. The number of rotatable bonds is 5. The highest BCUT2D eigenvalue weighted by atomic mass is 35.5. The standard InChI is InChI=1S/C20H20ClN3O/c1-13-23-18-8-4-5-9-19(18)24(13)11-10-22-20(25)16-12-15(16)14-6-2-3-7-17(14)21/h2-9,15-16H,10-12H2,1H3,(H,22,25)/t15-,16+/m1/s1. The first-order chi connectivity index (χ1) is 12.1. The van der Waals surface area contributed by atoms with Crippen molar-refractivity contribution in [1.82, 2.24) is 14.9 Å². The van der Waals surface area contributed by atoms with Crippen LogP contribution in [0.3, 0.4) is 0 Å². The van der Waals surface area contributed by atoms with E-state index in [1.54, 1.807) is 0 Å². The Labute approximate surface area is 151 Å². The first-order valence-corrected chi connectivity index (χ1v) is 8.97. The van der Waals surface area contributed by atoms with Gasteiger partial charge in [-0.05, 0) is 43.0 Å². The van der Waals surface area contributed by atoms with Gasteiger partial charge in [0.05, 0.1) is 11.0 Å². The molecule has 2 aromatic carbocycles. The van der Waals surface area contributed by atoms with E-state index in [2.05, 4.69) is 20.9 Å². The van der Waals surface area contributed by atoms with Gasteiger partial charge in [0.15, 0.2) is 0 Å². The lowest BCUT2D eigenvalue weighted by molar-refractivity contribution is -0.122. The minimum absolute atomic E-state index is 0.0422. The lowest BCUT2D eigenvalue weighted by Gasteiger charge is -2.09. The maximum absolute atomic E-state index is 12.4. The molecule has 0 aliphatic heterocycles. The number of carbonyl (C=O) groups excluding carboxylic acids is 1. The Morgan fingerprint density at radius 1 is 1.24 bits per heavy atom. The average Bonchev–Trinajstić information content (AvgIpc) is 3.34. The summed E-state index contributed by atoms with van der Waals surface area (Å²) in [5, 5.41) is 3.82. The predicted octanol–water partition coefficient (Wildman–Crippen LogP) is 3.92. The van der Waals surface area contributed by atoms with E-state index >= 15 is 0 Å². The number of carbonyl (C=O) groups is 1. The van der Waals surface area contributed by atoms with Crippen molar-refractivity contribution in [2.75, 3.05) is 6.54 Å². The number of nitrogens with one attached hydrogen (secondary N) is 1. The summed E-state index contributed by atoms with van der Waals surface area (Å²) in [7, 11) is 0. The maximum atomic E-state index is 12.4. The van der Waals surface area contributed by atoms with Gasteiger partial charge >= 0.3 is 0 Å². The molecule has 5 heteroatoms. The number of imidazole rings is 1. The molecule has 1 fully saturated rings. The molecule has 128 valence electrons. The van der Waals surface area contributed by atoms with Gasteiger partial charge in [-0.3, -0.25) is 4.79 Å². The van der Waals surface area contributed by atoms with Gasteiger partial charge in [-0.2, -0.15) is 0 Å². The third kappa shape index (κ3) is 3.14. The van der Waals surface area contributed by atoms with Crippen LogP contribution in [0.5, 0.6) is 0 Å². The molecule has 3 aromatic rings. The molecule has 1 aromatic heterocycles. The van der Waals surface area contributed by atoms with Crippen molar-refractivity contribution >= 4 is 28.5 Å². The molecule has 0 unspecified atom stereocenters. The van der Waals surface area contributed by atoms with E-state index < -0.39 is 0 Å². The van der Waals surface area contributed by atoms with Crippen LogP contribution in [0.15, 0.2) is 48.5 Å². The summed E-state index contributed by atoms with van der Waals surface area (Å²) in [4.78, 5) is 17.0. The molecule has 1 N–H and O–H groups in total. The first-order valence-electron chi connectivity index (χ1n) is 8.59. The Morgan fingerprint density at radius 2 is 2.00 bits per heavy atom. The molecule has 4 rings (SSSR count). The lowest BCUT2D eigenvalue weighted by Crippen LogP contribution is -2.29. The van der Waals surface area contributed by atoms with Crippen LogP contribution < -0.4 is 5.32 Å². The van der Waals surface area contributed by atoms with Crippen molar-refractivity contribution in [2.45, 2.75) is 25.8 Å². The second kappa shape index (κ2) is 6.52. The molecule has 1 amide bonds. The van der Waals surface area contributed by atoms with Crippen molar-refractivity contribution in [1.29, 1.82) is 0 Å². The molecule has 0 spiro atoms. The number of fused-ring (bicyclic) bond motifs is 1. The van der Waals surface area contributed by atoms with Crippen LogP contribution in [0.1, 0.15) is 23.7 Å². The van der Waals surface area contributed by atoms with Gasteiger partial charge in [-0.15, -0.1) is 0 Å². The monoisotopic (exact) mass is 353 g/mol.